The number of carbonyl (C=O) groups excluding carboxylic acids is 1. The lowest BCUT2D eigenvalue weighted by atomic mass is 10.1. The Bertz CT molecular complexity index is 1370. The molecule has 5 nitrogen and oxygen atoms in total. The van der Waals surface area contributed by atoms with Crippen LogP contribution >= 0.6 is 11.3 Å². The van der Waals surface area contributed by atoms with E-state index in [2.05, 4.69) is 46.7 Å². The summed E-state index contributed by atoms with van der Waals surface area (Å²) < 4.78 is 4.79. The number of aromatic amines is 1. The number of ether oxygens (including phenoxy) is 1. The van der Waals surface area contributed by atoms with E-state index >= 15 is 0 Å². The number of imidazole rings is 1. The van der Waals surface area contributed by atoms with Crippen molar-refractivity contribution in [3.05, 3.63) is 102 Å². The topological polar surface area (TPSA) is 67.0 Å². The average Bonchev–Trinajstić information content (AvgIpc) is 3.51. The first kappa shape index (κ1) is 21.1. The molecule has 0 radical (unpaired) electrons. The van der Waals surface area contributed by atoms with Crippen LogP contribution in [0, 0.1) is 0 Å². The Hall–Kier alpha value is -3.74. The van der Waals surface area contributed by atoms with Gasteiger partial charge in [-0.3, -0.25) is 0 Å². The van der Waals surface area contributed by atoms with Crippen LogP contribution in [0.1, 0.15) is 21.5 Å². The Morgan fingerprint density at radius 1 is 0.909 bits per heavy atom. The quantitative estimate of drug-likeness (QED) is 0.295. The summed E-state index contributed by atoms with van der Waals surface area (Å²) in [7, 11) is 1.40. The summed E-state index contributed by atoms with van der Waals surface area (Å²) in [5.74, 6) is 0.592. The van der Waals surface area contributed by atoms with Crippen LogP contribution in [-0.4, -0.2) is 23.0 Å². The molecular formula is C27H23N3O2S. The van der Waals surface area contributed by atoms with Gasteiger partial charge in [0.2, 0.25) is 0 Å². The monoisotopic (exact) mass is 453 g/mol. The van der Waals surface area contributed by atoms with Crippen molar-refractivity contribution >= 4 is 28.3 Å². The van der Waals surface area contributed by atoms with E-state index in [1.54, 1.807) is 17.4 Å². The first-order chi connectivity index (χ1) is 16.2. The van der Waals surface area contributed by atoms with Gasteiger partial charge in [-0.05, 0) is 53.1 Å². The number of hydrogen-bond donors (Lipinski definition) is 2. The van der Waals surface area contributed by atoms with E-state index in [1.165, 1.54) is 23.1 Å². The third-order valence-electron chi connectivity index (χ3n) is 5.47. The molecule has 0 spiro atoms. The van der Waals surface area contributed by atoms with Crippen molar-refractivity contribution in [2.45, 2.75) is 13.1 Å². The van der Waals surface area contributed by atoms with Crippen LogP contribution < -0.4 is 5.32 Å². The van der Waals surface area contributed by atoms with Crippen LogP contribution in [-0.2, 0) is 17.8 Å². The number of nitrogens with zero attached hydrogens (tertiary/aromatic N) is 1. The molecule has 164 valence electrons. The second-order valence-corrected chi connectivity index (χ2v) is 8.84. The van der Waals surface area contributed by atoms with E-state index in [1.807, 2.05) is 42.5 Å². The zero-order chi connectivity index (χ0) is 22.6. The number of esters is 1. The molecule has 2 heterocycles. The van der Waals surface area contributed by atoms with Crippen molar-refractivity contribution in [2.75, 3.05) is 7.11 Å². The largest absolute Gasteiger partial charge is 0.465 e. The summed E-state index contributed by atoms with van der Waals surface area (Å²) in [6.45, 7) is 1.43. The van der Waals surface area contributed by atoms with E-state index in [0.717, 1.165) is 33.8 Å². The lowest BCUT2D eigenvalue weighted by Gasteiger charge is -2.07. The molecule has 0 atom stereocenters. The van der Waals surface area contributed by atoms with Crippen molar-refractivity contribution in [2.24, 2.45) is 0 Å². The predicted molar refractivity (Wildman–Crippen MR) is 133 cm³/mol. The van der Waals surface area contributed by atoms with Crippen molar-refractivity contribution in [3.8, 4) is 21.1 Å². The highest BCUT2D eigenvalue weighted by Gasteiger charge is 2.09. The first-order valence-electron chi connectivity index (χ1n) is 10.7. The fraction of sp³-hybridized carbons (Fsp3) is 0.111. The number of thiophene rings is 1. The van der Waals surface area contributed by atoms with Crippen LogP contribution in [0.5, 0.6) is 0 Å². The molecule has 5 aromatic rings. The molecule has 0 fully saturated rings. The molecule has 33 heavy (non-hydrogen) atoms. The highest BCUT2D eigenvalue weighted by Crippen LogP contribution is 2.34. The first-order valence-corrected chi connectivity index (χ1v) is 11.5. The van der Waals surface area contributed by atoms with E-state index in [-0.39, 0.29) is 5.97 Å². The number of carbonyl (C=O) groups is 1. The third-order valence-corrected chi connectivity index (χ3v) is 6.61. The number of hydrogen-bond acceptors (Lipinski definition) is 5. The van der Waals surface area contributed by atoms with Crippen molar-refractivity contribution in [1.82, 2.24) is 15.3 Å². The number of methoxy groups -OCH3 is 1. The average molecular weight is 454 g/mol. The minimum absolute atomic E-state index is 0.315. The van der Waals surface area contributed by atoms with Gasteiger partial charge in [0, 0.05) is 18.0 Å². The molecule has 0 unspecified atom stereocenters. The smallest absolute Gasteiger partial charge is 0.337 e. The van der Waals surface area contributed by atoms with Gasteiger partial charge in [0.1, 0.15) is 5.82 Å². The maximum Gasteiger partial charge on any atom is 0.337 e. The molecule has 3 aromatic carbocycles. The zero-order valence-electron chi connectivity index (χ0n) is 18.2. The summed E-state index contributed by atoms with van der Waals surface area (Å²) in [5, 5.41) is 3.44. The Labute approximate surface area is 196 Å². The van der Waals surface area contributed by atoms with Crippen LogP contribution in [0.4, 0.5) is 0 Å². The molecule has 2 aromatic heterocycles. The maximum atomic E-state index is 11.7. The minimum Gasteiger partial charge on any atom is -0.465 e. The molecule has 0 aliphatic carbocycles. The van der Waals surface area contributed by atoms with Gasteiger partial charge in [-0.25, -0.2) is 9.78 Å². The molecule has 2 N–H and O–H groups in total. The molecule has 0 saturated carbocycles. The number of aromatic nitrogens is 2. The molecular weight excluding hydrogens is 430 g/mol. The molecule has 0 bridgehead atoms. The van der Waals surface area contributed by atoms with Crippen molar-refractivity contribution in [1.29, 1.82) is 0 Å². The van der Waals surface area contributed by atoms with E-state index in [9.17, 15) is 4.79 Å². The Morgan fingerprint density at radius 2 is 1.70 bits per heavy atom. The molecule has 0 amide bonds. The van der Waals surface area contributed by atoms with E-state index in [0.29, 0.717) is 12.1 Å². The van der Waals surface area contributed by atoms with Gasteiger partial charge >= 0.3 is 5.97 Å². The second kappa shape index (κ2) is 9.40. The third kappa shape index (κ3) is 4.72. The SMILES string of the molecule is COC(=O)c1cccc(CNCc2ccc(-c3ccc(-c4nc5ccccc5[nH]4)s3)cc2)c1. The standard InChI is InChI=1S/C27H23N3O2S/c1-32-27(31)21-6-4-5-19(15-21)17-28-16-18-9-11-20(12-10-18)24-13-14-25(33-24)26-29-22-7-2-3-8-23(22)30-26/h2-15,28H,16-17H2,1H3,(H,29,30). The summed E-state index contributed by atoms with van der Waals surface area (Å²) >= 11 is 1.73. The lowest BCUT2D eigenvalue weighted by Crippen LogP contribution is -2.13. The van der Waals surface area contributed by atoms with E-state index < -0.39 is 0 Å². The highest BCUT2D eigenvalue weighted by atomic mass is 32.1. The van der Waals surface area contributed by atoms with Gasteiger partial charge in [0.15, 0.2) is 0 Å². The maximum absolute atomic E-state index is 11.7. The highest BCUT2D eigenvalue weighted by molar-refractivity contribution is 7.18. The number of fused-ring (bicyclic) bond motifs is 1. The number of para-hydroxylation sites is 2. The van der Waals surface area contributed by atoms with Crippen LogP contribution in [0.25, 0.3) is 32.2 Å². The van der Waals surface area contributed by atoms with Gasteiger partial charge in [-0.15, -0.1) is 11.3 Å². The summed E-state index contributed by atoms with van der Waals surface area (Å²) in [5.41, 5.74) is 6.05. The van der Waals surface area contributed by atoms with Crippen molar-refractivity contribution < 1.29 is 9.53 Å². The summed E-state index contributed by atoms with van der Waals surface area (Å²) in [6, 6.07) is 28.4. The number of nitrogens with one attached hydrogen (secondary N) is 2. The minimum atomic E-state index is -0.315. The predicted octanol–water partition coefficient (Wildman–Crippen LogP) is 6.03. The Kier molecular flexibility index (Phi) is 6.02. The molecule has 6 heteroatoms. The molecule has 0 saturated heterocycles. The van der Waals surface area contributed by atoms with Gasteiger partial charge in [0.25, 0.3) is 0 Å². The van der Waals surface area contributed by atoms with Gasteiger partial charge < -0.3 is 15.0 Å². The zero-order valence-corrected chi connectivity index (χ0v) is 19.0. The lowest BCUT2D eigenvalue weighted by molar-refractivity contribution is 0.0600. The van der Waals surface area contributed by atoms with Crippen molar-refractivity contribution in [3.63, 3.8) is 0 Å². The van der Waals surface area contributed by atoms with Crippen LogP contribution in [0.2, 0.25) is 0 Å². The number of H-pyrrole nitrogens is 1. The second-order valence-electron chi connectivity index (χ2n) is 7.76. The van der Waals surface area contributed by atoms with E-state index in [4.69, 9.17) is 9.72 Å². The number of rotatable bonds is 7. The normalized spacial score (nSPS) is 11.1. The molecule has 5 rings (SSSR count). The van der Waals surface area contributed by atoms with Gasteiger partial charge in [-0.1, -0.05) is 48.5 Å². The summed E-state index contributed by atoms with van der Waals surface area (Å²) in [4.78, 5) is 22.1. The van der Waals surface area contributed by atoms with Crippen LogP contribution in [0.15, 0.2) is 84.9 Å². The fourth-order valence-electron chi connectivity index (χ4n) is 3.75. The van der Waals surface area contributed by atoms with Crippen LogP contribution in [0.3, 0.4) is 0 Å². The van der Waals surface area contributed by atoms with Gasteiger partial charge in [-0.2, -0.15) is 0 Å². The number of benzene rings is 3. The fourth-order valence-corrected chi connectivity index (χ4v) is 4.71. The Morgan fingerprint density at radius 3 is 2.52 bits per heavy atom. The Balaban J connectivity index is 1.22. The summed E-state index contributed by atoms with van der Waals surface area (Å²) in [6.07, 6.45) is 0. The van der Waals surface area contributed by atoms with Gasteiger partial charge in [0.05, 0.1) is 28.6 Å². The molecule has 0 aliphatic rings. The molecule has 0 aliphatic heterocycles.